The van der Waals surface area contributed by atoms with Crippen molar-refractivity contribution in [2.24, 2.45) is 0 Å². The Bertz CT molecular complexity index is 220. The summed E-state index contributed by atoms with van der Waals surface area (Å²) in [7, 11) is 0. The normalized spacial score (nSPS) is 9.27. The Morgan fingerprint density at radius 1 is 1.07 bits per heavy atom. The van der Waals surface area contributed by atoms with E-state index >= 15 is 0 Å². The molecule has 0 aliphatic carbocycles. The summed E-state index contributed by atoms with van der Waals surface area (Å²) in [5.74, 6) is 5.62. The molecule has 0 aliphatic heterocycles. The quantitative estimate of drug-likeness (QED) is 0.486. The van der Waals surface area contributed by atoms with Crippen LogP contribution in [-0.2, 0) is 4.79 Å². The first-order chi connectivity index (χ1) is 7.26. The van der Waals surface area contributed by atoms with Crippen molar-refractivity contribution in [3.8, 4) is 11.8 Å². The third kappa shape index (κ3) is 7.02. The topological polar surface area (TPSA) is 20.3 Å². The van der Waals surface area contributed by atoms with Crippen molar-refractivity contribution in [1.82, 2.24) is 4.90 Å². The molecule has 0 heterocycles. The number of carbonyl (C=O) groups is 1. The Labute approximate surface area is 94.0 Å². The number of rotatable bonds is 6. The van der Waals surface area contributed by atoms with Gasteiger partial charge in [0.1, 0.15) is 0 Å². The summed E-state index contributed by atoms with van der Waals surface area (Å²) < 4.78 is 0. The minimum atomic E-state index is -0.0320. The van der Waals surface area contributed by atoms with E-state index in [4.69, 9.17) is 0 Å². The van der Waals surface area contributed by atoms with Crippen LogP contribution in [-0.4, -0.2) is 23.9 Å². The second kappa shape index (κ2) is 9.58. The fraction of sp³-hybridized carbons (Fsp3) is 0.769. The molecule has 0 radical (unpaired) electrons. The molecule has 0 aromatic rings. The van der Waals surface area contributed by atoms with Crippen molar-refractivity contribution >= 4 is 5.91 Å². The van der Waals surface area contributed by atoms with Crippen LogP contribution in [0.2, 0.25) is 0 Å². The summed E-state index contributed by atoms with van der Waals surface area (Å²) in [5, 5.41) is 0. The molecule has 1 amide bonds. The molecule has 0 N–H and O–H groups in total. The summed E-state index contributed by atoms with van der Waals surface area (Å²) in [6.07, 6.45) is 5.71. The number of unbranched alkanes of at least 4 members (excludes halogenated alkanes) is 4. The van der Waals surface area contributed by atoms with Crippen LogP contribution in [0.25, 0.3) is 0 Å². The lowest BCUT2D eigenvalue weighted by molar-refractivity contribution is -0.124. The van der Waals surface area contributed by atoms with E-state index < -0.39 is 0 Å². The van der Waals surface area contributed by atoms with E-state index in [2.05, 4.69) is 18.8 Å². The molecule has 0 rings (SSSR count). The van der Waals surface area contributed by atoms with Crippen LogP contribution in [0.4, 0.5) is 0 Å². The molecule has 0 unspecified atom stereocenters. The van der Waals surface area contributed by atoms with Gasteiger partial charge in [-0.1, -0.05) is 32.1 Å². The maximum atomic E-state index is 11.4. The molecule has 0 spiro atoms. The highest BCUT2D eigenvalue weighted by Gasteiger charge is 2.03. The van der Waals surface area contributed by atoms with Gasteiger partial charge in [0.15, 0.2) is 0 Å². The zero-order chi connectivity index (χ0) is 11.5. The van der Waals surface area contributed by atoms with E-state index in [1.807, 2.05) is 13.8 Å². The van der Waals surface area contributed by atoms with E-state index in [9.17, 15) is 4.79 Å². The summed E-state index contributed by atoms with van der Waals surface area (Å²) in [6, 6.07) is 0. The minimum absolute atomic E-state index is 0.0320. The molecule has 0 saturated carbocycles. The zero-order valence-electron chi connectivity index (χ0n) is 10.3. The number of amides is 1. The Kier molecular flexibility index (Phi) is 8.96. The second-order valence-electron chi connectivity index (χ2n) is 3.59. The summed E-state index contributed by atoms with van der Waals surface area (Å²) in [6.45, 7) is 7.64. The van der Waals surface area contributed by atoms with Crippen LogP contribution in [0.1, 0.15) is 52.9 Å². The highest BCUT2D eigenvalue weighted by Crippen LogP contribution is 2.00. The van der Waals surface area contributed by atoms with Gasteiger partial charge < -0.3 is 4.90 Å². The van der Waals surface area contributed by atoms with Crippen LogP contribution in [0.15, 0.2) is 0 Å². The predicted molar refractivity (Wildman–Crippen MR) is 64.5 cm³/mol. The minimum Gasteiger partial charge on any atom is -0.332 e. The molecule has 0 bridgehead atoms. The van der Waals surface area contributed by atoms with Crippen LogP contribution in [0.3, 0.4) is 0 Å². The Morgan fingerprint density at radius 2 is 1.73 bits per heavy atom. The lowest BCUT2D eigenvalue weighted by atomic mass is 10.2. The number of nitrogens with zero attached hydrogens (tertiary/aromatic N) is 1. The smallest absolute Gasteiger partial charge is 0.298 e. The second-order valence-corrected chi connectivity index (χ2v) is 3.59. The molecule has 0 aromatic heterocycles. The van der Waals surface area contributed by atoms with Gasteiger partial charge in [0.25, 0.3) is 5.91 Å². The third-order valence-electron chi connectivity index (χ3n) is 2.40. The van der Waals surface area contributed by atoms with Crippen LogP contribution in [0.5, 0.6) is 0 Å². The predicted octanol–water partition coefficient (Wildman–Crippen LogP) is 2.83. The lowest BCUT2D eigenvalue weighted by Crippen LogP contribution is -2.29. The van der Waals surface area contributed by atoms with E-state index in [-0.39, 0.29) is 5.91 Å². The van der Waals surface area contributed by atoms with E-state index in [0.29, 0.717) is 0 Å². The molecule has 2 heteroatoms. The van der Waals surface area contributed by atoms with Crippen molar-refractivity contribution in [2.45, 2.75) is 52.9 Å². The summed E-state index contributed by atoms with van der Waals surface area (Å²) in [5.41, 5.74) is 0. The van der Waals surface area contributed by atoms with Gasteiger partial charge in [-0.15, -0.1) is 0 Å². The van der Waals surface area contributed by atoms with Gasteiger partial charge in [-0.05, 0) is 26.2 Å². The molecule has 0 atom stereocenters. The van der Waals surface area contributed by atoms with Crippen molar-refractivity contribution in [3.63, 3.8) is 0 Å². The van der Waals surface area contributed by atoms with Gasteiger partial charge in [-0.3, -0.25) is 4.79 Å². The molecule has 0 aromatic carbocycles. The molecule has 15 heavy (non-hydrogen) atoms. The average Bonchev–Trinajstić information content (AvgIpc) is 2.25. The largest absolute Gasteiger partial charge is 0.332 e. The number of hydrogen-bond donors (Lipinski definition) is 0. The fourth-order valence-electron chi connectivity index (χ4n) is 1.37. The molecular weight excluding hydrogens is 186 g/mol. The highest BCUT2D eigenvalue weighted by atomic mass is 16.2. The van der Waals surface area contributed by atoms with Gasteiger partial charge in [0, 0.05) is 19.5 Å². The Balaban J connectivity index is 3.70. The van der Waals surface area contributed by atoms with Crippen molar-refractivity contribution in [3.05, 3.63) is 0 Å². The maximum Gasteiger partial charge on any atom is 0.298 e. The number of carbonyl (C=O) groups excluding carboxylic acids is 1. The van der Waals surface area contributed by atoms with Gasteiger partial charge >= 0.3 is 0 Å². The van der Waals surface area contributed by atoms with Crippen molar-refractivity contribution < 1.29 is 4.79 Å². The number of hydrogen-bond acceptors (Lipinski definition) is 1. The molecule has 0 aliphatic rings. The molecule has 86 valence electrons. The zero-order valence-corrected chi connectivity index (χ0v) is 10.3. The average molecular weight is 209 g/mol. The van der Waals surface area contributed by atoms with Crippen LogP contribution >= 0.6 is 0 Å². The van der Waals surface area contributed by atoms with Gasteiger partial charge in [0.2, 0.25) is 0 Å². The van der Waals surface area contributed by atoms with Gasteiger partial charge in [0.05, 0.1) is 0 Å². The fourth-order valence-corrected chi connectivity index (χ4v) is 1.37. The lowest BCUT2D eigenvalue weighted by Gasteiger charge is -2.14. The summed E-state index contributed by atoms with van der Waals surface area (Å²) >= 11 is 0. The Hall–Kier alpha value is -0.970. The first kappa shape index (κ1) is 14.0. The van der Waals surface area contributed by atoms with Crippen LogP contribution < -0.4 is 0 Å². The van der Waals surface area contributed by atoms with Gasteiger partial charge in [-0.2, -0.15) is 0 Å². The molecule has 2 nitrogen and oxygen atoms in total. The van der Waals surface area contributed by atoms with E-state index in [1.165, 1.54) is 19.3 Å². The van der Waals surface area contributed by atoms with Crippen LogP contribution in [0, 0.1) is 11.8 Å². The molecular formula is C13H23NO. The van der Waals surface area contributed by atoms with Crippen molar-refractivity contribution in [1.29, 1.82) is 0 Å². The van der Waals surface area contributed by atoms with Crippen molar-refractivity contribution in [2.75, 3.05) is 13.1 Å². The van der Waals surface area contributed by atoms with Gasteiger partial charge in [-0.25, -0.2) is 0 Å². The molecule has 0 fully saturated rings. The summed E-state index contributed by atoms with van der Waals surface area (Å²) in [4.78, 5) is 13.2. The Morgan fingerprint density at radius 3 is 2.27 bits per heavy atom. The maximum absolute atomic E-state index is 11.4. The third-order valence-corrected chi connectivity index (χ3v) is 2.40. The SMILES string of the molecule is CCCCCCC#CC(=O)N(CC)CC. The molecule has 0 saturated heterocycles. The van der Waals surface area contributed by atoms with E-state index in [0.717, 1.165) is 25.9 Å². The standard InChI is InChI=1S/C13H23NO/c1-4-7-8-9-10-11-12-13(15)14(5-2)6-3/h4-10H2,1-3H3. The van der Waals surface area contributed by atoms with E-state index in [1.54, 1.807) is 4.90 Å². The monoisotopic (exact) mass is 209 g/mol. The first-order valence-corrected chi connectivity index (χ1v) is 6.04. The highest BCUT2D eigenvalue weighted by molar-refractivity contribution is 5.93. The first-order valence-electron chi connectivity index (χ1n) is 6.04.